The van der Waals surface area contributed by atoms with E-state index in [-0.39, 0.29) is 0 Å². The zero-order chi connectivity index (χ0) is 17.9. The summed E-state index contributed by atoms with van der Waals surface area (Å²) >= 11 is 0. The molecule has 0 saturated heterocycles. The highest BCUT2D eigenvalue weighted by molar-refractivity contribution is 5.96. The quantitative estimate of drug-likeness (QED) is 0.385. The number of hydrogen-bond acceptors (Lipinski definition) is 1. The highest BCUT2D eigenvalue weighted by Gasteiger charge is 2.16. The number of nitrogens with zero attached hydrogens (tertiary/aromatic N) is 1. The predicted molar refractivity (Wildman–Crippen MR) is 113 cm³/mol. The van der Waals surface area contributed by atoms with Crippen LogP contribution < -0.4 is 4.90 Å². The molecule has 0 atom stereocenters. The lowest BCUT2D eigenvalue weighted by molar-refractivity contribution is 0.791. The molecule has 4 aromatic carbocycles. The van der Waals surface area contributed by atoms with Crippen LogP contribution in [0.25, 0.3) is 21.9 Å². The highest BCUT2D eigenvalue weighted by atomic mass is 15.2. The number of anilines is 2. The minimum absolute atomic E-state index is 0.354. The van der Waals surface area contributed by atoms with Crippen molar-refractivity contribution in [1.29, 1.82) is 0 Å². The van der Waals surface area contributed by atoms with E-state index in [0.717, 1.165) is 0 Å². The Kier molecular flexibility index (Phi) is 4.45. The molecular formula is C25H23N. The second kappa shape index (κ2) is 7.05. The molecule has 0 heterocycles. The minimum atomic E-state index is 0.354. The lowest BCUT2D eigenvalue weighted by Gasteiger charge is -2.30. The van der Waals surface area contributed by atoms with E-state index in [1.54, 1.807) is 0 Å². The van der Waals surface area contributed by atoms with Gasteiger partial charge in [0.15, 0.2) is 0 Å². The van der Waals surface area contributed by atoms with E-state index in [2.05, 4.69) is 116 Å². The summed E-state index contributed by atoms with van der Waals surface area (Å²) < 4.78 is 0. The van der Waals surface area contributed by atoms with E-state index in [9.17, 15) is 0 Å². The zero-order valence-electron chi connectivity index (χ0n) is 15.3. The fraction of sp³-hybridized carbons (Fsp3) is 0.120. The third-order valence-corrected chi connectivity index (χ3v) is 4.77. The van der Waals surface area contributed by atoms with Crippen LogP contribution >= 0.6 is 0 Å². The third-order valence-electron chi connectivity index (χ3n) is 4.77. The van der Waals surface area contributed by atoms with Crippen molar-refractivity contribution in [3.05, 3.63) is 97.1 Å². The monoisotopic (exact) mass is 337 g/mol. The van der Waals surface area contributed by atoms with E-state index >= 15 is 0 Å². The first-order valence-corrected chi connectivity index (χ1v) is 9.16. The average Bonchev–Trinajstić information content (AvgIpc) is 2.69. The Morgan fingerprint density at radius 3 is 2.08 bits per heavy atom. The summed E-state index contributed by atoms with van der Waals surface area (Å²) in [7, 11) is 0. The fourth-order valence-electron chi connectivity index (χ4n) is 3.60. The van der Waals surface area contributed by atoms with Gasteiger partial charge in [0.2, 0.25) is 0 Å². The van der Waals surface area contributed by atoms with Crippen LogP contribution in [0.2, 0.25) is 0 Å². The SMILES string of the molecule is CC(C)N(c1cccc(-c2ccccc2)c1)c1cccc2ccccc12. The molecule has 0 aliphatic heterocycles. The Labute approximate surface area is 155 Å². The Balaban J connectivity index is 1.85. The van der Waals surface area contributed by atoms with Gasteiger partial charge in [-0.05, 0) is 48.6 Å². The van der Waals surface area contributed by atoms with Gasteiger partial charge >= 0.3 is 0 Å². The first-order valence-electron chi connectivity index (χ1n) is 9.16. The molecule has 0 unspecified atom stereocenters. The average molecular weight is 337 g/mol. The standard InChI is InChI=1S/C25H23N/c1-19(2)26(25-17-9-13-21-12-6-7-16-24(21)25)23-15-8-14-22(18-23)20-10-4-3-5-11-20/h3-19H,1-2H3. The molecule has 0 N–H and O–H groups in total. The summed E-state index contributed by atoms with van der Waals surface area (Å²) in [5, 5.41) is 2.56. The van der Waals surface area contributed by atoms with Gasteiger partial charge in [-0.25, -0.2) is 0 Å². The van der Waals surface area contributed by atoms with Crippen LogP contribution in [0.1, 0.15) is 13.8 Å². The molecule has 0 amide bonds. The molecule has 4 aromatic rings. The van der Waals surface area contributed by atoms with Crippen molar-refractivity contribution in [2.24, 2.45) is 0 Å². The van der Waals surface area contributed by atoms with Gasteiger partial charge in [-0.15, -0.1) is 0 Å². The summed E-state index contributed by atoms with van der Waals surface area (Å²) in [4.78, 5) is 2.43. The second-order valence-corrected chi connectivity index (χ2v) is 6.88. The maximum atomic E-state index is 2.43. The summed E-state index contributed by atoms with van der Waals surface area (Å²) in [5.74, 6) is 0. The lowest BCUT2D eigenvalue weighted by Crippen LogP contribution is -2.25. The Morgan fingerprint density at radius 2 is 1.27 bits per heavy atom. The number of rotatable bonds is 4. The van der Waals surface area contributed by atoms with E-state index in [1.807, 2.05) is 0 Å². The number of benzene rings is 4. The molecule has 0 bridgehead atoms. The van der Waals surface area contributed by atoms with Crippen LogP contribution in [0.15, 0.2) is 97.1 Å². The summed E-state index contributed by atoms with van der Waals surface area (Å²) in [6.07, 6.45) is 0. The van der Waals surface area contributed by atoms with Crippen molar-refractivity contribution in [2.45, 2.75) is 19.9 Å². The molecular weight excluding hydrogens is 314 g/mol. The molecule has 0 saturated carbocycles. The van der Waals surface area contributed by atoms with Crippen LogP contribution in [-0.4, -0.2) is 6.04 Å². The van der Waals surface area contributed by atoms with Gasteiger partial charge in [-0.1, -0.05) is 78.9 Å². The van der Waals surface area contributed by atoms with Gasteiger partial charge in [0.05, 0.1) is 0 Å². The second-order valence-electron chi connectivity index (χ2n) is 6.88. The van der Waals surface area contributed by atoms with Crippen molar-refractivity contribution in [1.82, 2.24) is 0 Å². The lowest BCUT2D eigenvalue weighted by atomic mass is 10.0. The van der Waals surface area contributed by atoms with Gasteiger partial charge < -0.3 is 4.90 Å². The van der Waals surface area contributed by atoms with Crippen LogP contribution in [0.4, 0.5) is 11.4 Å². The highest BCUT2D eigenvalue weighted by Crippen LogP contribution is 2.35. The van der Waals surface area contributed by atoms with Crippen LogP contribution in [0.3, 0.4) is 0 Å². The van der Waals surface area contributed by atoms with Crippen molar-refractivity contribution < 1.29 is 0 Å². The molecule has 1 nitrogen and oxygen atoms in total. The van der Waals surface area contributed by atoms with Crippen molar-refractivity contribution >= 4 is 22.1 Å². The fourth-order valence-corrected chi connectivity index (χ4v) is 3.60. The maximum absolute atomic E-state index is 2.43. The Morgan fingerprint density at radius 1 is 0.615 bits per heavy atom. The Bertz CT molecular complexity index is 1010. The van der Waals surface area contributed by atoms with Gasteiger partial charge in [0.25, 0.3) is 0 Å². The van der Waals surface area contributed by atoms with E-state index in [1.165, 1.54) is 33.3 Å². The molecule has 0 aliphatic rings. The van der Waals surface area contributed by atoms with Gasteiger partial charge in [0, 0.05) is 22.8 Å². The topological polar surface area (TPSA) is 3.24 Å². The molecule has 26 heavy (non-hydrogen) atoms. The molecule has 0 aliphatic carbocycles. The predicted octanol–water partition coefficient (Wildman–Crippen LogP) is 7.05. The summed E-state index contributed by atoms with van der Waals surface area (Å²) in [5.41, 5.74) is 4.96. The largest absolute Gasteiger partial charge is 0.338 e. The maximum Gasteiger partial charge on any atom is 0.0492 e. The smallest absolute Gasteiger partial charge is 0.0492 e. The molecule has 0 fully saturated rings. The van der Waals surface area contributed by atoms with Crippen molar-refractivity contribution in [3.8, 4) is 11.1 Å². The van der Waals surface area contributed by atoms with Gasteiger partial charge in [0.1, 0.15) is 0 Å². The number of hydrogen-bond donors (Lipinski definition) is 0. The van der Waals surface area contributed by atoms with Crippen LogP contribution in [-0.2, 0) is 0 Å². The molecule has 0 radical (unpaired) electrons. The van der Waals surface area contributed by atoms with Crippen molar-refractivity contribution in [3.63, 3.8) is 0 Å². The molecule has 0 spiro atoms. The first-order chi connectivity index (χ1) is 12.7. The zero-order valence-corrected chi connectivity index (χ0v) is 15.3. The molecule has 4 rings (SSSR count). The van der Waals surface area contributed by atoms with Crippen LogP contribution in [0, 0.1) is 0 Å². The third kappa shape index (κ3) is 3.09. The molecule has 0 aromatic heterocycles. The minimum Gasteiger partial charge on any atom is -0.338 e. The Hall–Kier alpha value is -3.06. The van der Waals surface area contributed by atoms with Gasteiger partial charge in [-0.2, -0.15) is 0 Å². The number of fused-ring (bicyclic) bond motifs is 1. The van der Waals surface area contributed by atoms with E-state index in [4.69, 9.17) is 0 Å². The van der Waals surface area contributed by atoms with Crippen molar-refractivity contribution in [2.75, 3.05) is 4.90 Å². The molecule has 128 valence electrons. The van der Waals surface area contributed by atoms with E-state index < -0.39 is 0 Å². The molecule has 1 heteroatoms. The van der Waals surface area contributed by atoms with Crippen LogP contribution in [0.5, 0.6) is 0 Å². The summed E-state index contributed by atoms with van der Waals surface area (Å²) in [6.45, 7) is 4.49. The first kappa shape index (κ1) is 16.4. The van der Waals surface area contributed by atoms with Gasteiger partial charge in [-0.3, -0.25) is 0 Å². The van der Waals surface area contributed by atoms with E-state index in [0.29, 0.717) is 6.04 Å². The summed E-state index contributed by atoms with van der Waals surface area (Å²) in [6, 6.07) is 34.9. The normalized spacial score (nSPS) is 11.0.